The number of nitrogens with zero attached hydrogens (tertiary/aromatic N) is 1. The summed E-state index contributed by atoms with van der Waals surface area (Å²) in [6, 6.07) is 5.49. The summed E-state index contributed by atoms with van der Waals surface area (Å²) in [5.74, 6) is 1.16. The molecule has 1 heterocycles. The van der Waals surface area contributed by atoms with Gasteiger partial charge in [0.05, 0.1) is 14.2 Å². The molecule has 0 spiro atoms. The van der Waals surface area contributed by atoms with Crippen LogP contribution in [0.15, 0.2) is 18.2 Å². The van der Waals surface area contributed by atoms with E-state index in [1.807, 2.05) is 12.1 Å². The average molecular weight is 328 g/mol. The molecular formula is C14H20N2O5S. The first kappa shape index (κ1) is 16.6. The van der Waals surface area contributed by atoms with Crippen molar-refractivity contribution in [1.29, 1.82) is 0 Å². The zero-order valence-electron chi connectivity index (χ0n) is 12.6. The maximum atomic E-state index is 11.9. The van der Waals surface area contributed by atoms with Gasteiger partial charge in [0.25, 0.3) is 0 Å². The van der Waals surface area contributed by atoms with Gasteiger partial charge in [-0.15, -0.1) is 0 Å². The van der Waals surface area contributed by atoms with Crippen molar-refractivity contribution in [3.05, 3.63) is 23.8 Å². The molecule has 1 amide bonds. The number of rotatable bonds is 6. The number of amides is 1. The van der Waals surface area contributed by atoms with Gasteiger partial charge in [-0.25, -0.2) is 13.6 Å². The third-order valence-corrected chi connectivity index (χ3v) is 4.97. The topological polar surface area (TPSA) is 98.9 Å². The fraction of sp³-hybridized carbons (Fsp3) is 0.500. The molecule has 0 saturated carbocycles. The lowest BCUT2D eigenvalue weighted by Crippen LogP contribution is -2.33. The highest BCUT2D eigenvalue weighted by Crippen LogP contribution is 2.23. The molecule has 0 radical (unpaired) electrons. The second kappa shape index (κ2) is 6.53. The second-order valence-corrected chi connectivity index (χ2v) is 7.07. The van der Waals surface area contributed by atoms with Crippen LogP contribution < -0.4 is 14.6 Å². The fourth-order valence-electron chi connectivity index (χ4n) is 2.45. The van der Waals surface area contributed by atoms with Gasteiger partial charge < -0.3 is 14.4 Å². The van der Waals surface area contributed by atoms with Crippen LogP contribution in [-0.4, -0.2) is 51.8 Å². The van der Waals surface area contributed by atoms with Crippen LogP contribution in [0.3, 0.4) is 0 Å². The number of carbonyl (C=O) groups excluding carboxylic acids is 1. The van der Waals surface area contributed by atoms with E-state index in [0.29, 0.717) is 24.5 Å². The minimum Gasteiger partial charge on any atom is -0.497 e. The molecule has 122 valence electrons. The quantitative estimate of drug-likeness (QED) is 0.800. The highest BCUT2D eigenvalue weighted by Gasteiger charge is 2.35. The number of hydrogen-bond donors (Lipinski definition) is 1. The third-order valence-electron chi connectivity index (χ3n) is 3.73. The van der Waals surface area contributed by atoms with Crippen molar-refractivity contribution < 1.29 is 22.7 Å². The summed E-state index contributed by atoms with van der Waals surface area (Å²) in [4.78, 5) is 13.4. The van der Waals surface area contributed by atoms with Crippen LogP contribution in [0, 0.1) is 0 Å². The Balaban J connectivity index is 2.03. The maximum absolute atomic E-state index is 11.9. The van der Waals surface area contributed by atoms with Crippen LogP contribution >= 0.6 is 0 Å². The Labute approximate surface area is 130 Å². The molecule has 0 aliphatic carbocycles. The van der Waals surface area contributed by atoms with Gasteiger partial charge in [-0.05, 0) is 24.1 Å². The van der Waals surface area contributed by atoms with Gasteiger partial charge in [0.15, 0.2) is 0 Å². The van der Waals surface area contributed by atoms with Gasteiger partial charge >= 0.3 is 0 Å². The molecule has 22 heavy (non-hydrogen) atoms. The van der Waals surface area contributed by atoms with Crippen molar-refractivity contribution in [2.75, 3.05) is 27.3 Å². The van der Waals surface area contributed by atoms with Crippen LogP contribution in [0.2, 0.25) is 0 Å². The highest BCUT2D eigenvalue weighted by molar-refractivity contribution is 7.89. The van der Waals surface area contributed by atoms with Gasteiger partial charge in [0, 0.05) is 25.6 Å². The molecule has 8 heteroatoms. The van der Waals surface area contributed by atoms with Crippen LogP contribution in [0.4, 0.5) is 0 Å². The largest absolute Gasteiger partial charge is 0.497 e. The van der Waals surface area contributed by atoms with E-state index in [2.05, 4.69) is 0 Å². The summed E-state index contributed by atoms with van der Waals surface area (Å²) in [5.41, 5.74) is 0.947. The van der Waals surface area contributed by atoms with E-state index in [1.54, 1.807) is 20.3 Å². The summed E-state index contributed by atoms with van der Waals surface area (Å²) in [6.07, 6.45) is 0.539. The molecule has 1 saturated heterocycles. The smallest absolute Gasteiger partial charge is 0.224 e. The standard InChI is InChI=1S/C14H20N2O5S/c1-20-11-5-10(6-12(7-11)21-2)3-4-16-9-13(8-14(16)17)22(15,18)19/h5-7,13H,3-4,8-9H2,1-2H3,(H2,15,18,19). The van der Waals surface area contributed by atoms with E-state index >= 15 is 0 Å². The zero-order chi connectivity index (χ0) is 16.3. The molecule has 1 fully saturated rings. The van der Waals surface area contributed by atoms with Crippen molar-refractivity contribution in [1.82, 2.24) is 4.90 Å². The van der Waals surface area contributed by atoms with E-state index in [9.17, 15) is 13.2 Å². The predicted octanol–water partition coefficient (Wildman–Crippen LogP) is 0.136. The SMILES string of the molecule is COc1cc(CCN2CC(S(N)(=O)=O)CC2=O)cc(OC)c1. The summed E-state index contributed by atoms with van der Waals surface area (Å²) in [6.45, 7) is 0.583. The minimum absolute atomic E-state index is 0.0414. The first-order chi connectivity index (χ1) is 10.3. The molecule has 1 aromatic rings. The van der Waals surface area contributed by atoms with E-state index in [1.165, 1.54) is 4.90 Å². The molecule has 1 aliphatic heterocycles. The van der Waals surface area contributed by atoms with Gasteiger partial charge in [-0.3, -0.25) is 4.79 Å². The van der Waals surface area contributed by atoms with Crippen molar-refractivity contribution >= 4 is 15.9 Å². The molecule has 1 aliphatic rings. The van der Waals surface area contributed by atoms with E-state index < -0.39 is 15.3 Å². The Kier molecular flexibility index (Phi) is 4.92. The van der Waals surface area contributed by atoms with Gasteiger partial charge in [0.2, 0.25) is 15.9 Å². The number of benzene rings is 1. The monoisotopic (exact) mass is 328 g/mol. The normalized spacial score (nSPS) is 18.6. The summed E-state index contributed by atoms with van der Waals surface area (Å²) >= 11 is 0. The molecule has 2 rings (SSSR count). The summed E-state index contributed by atoms with van der Waals surface area (Å²) in [5, 5.41) is 4.30. The van der Waals surface area contributed by atoms with E-state index in [4.69, 9.17) is 14.6 Å². The first-order valence-electron chi connectivity index (χ1n) is 6.85. The van der Waals surface area contributed by atoms with Crippen LogP contribution in [0.25, 0.3) is 0 Å². The zero-order valence-corrected chi connectivity index (χ0v) is 13.4. The Morgan fingerprint density at radius 3 is 2.27 bits per heavy atom. The lowest BCUT2D eigenvalue weighted by Gasteiger charge is -2.16. The van der Waals surface area contributed by atoms with E-state index in [0.717, 1.165) is 5.56 Å². The van der Waals surface area contributed by atoms with Crippen molar-refractivity contribution in [3.8, 4) is 11.5 Å². The van der Waals surface area contributed by atoms with Gasteiger partial charge in [0.1, 0.15) is 16.7 Å². The molecular weight excluding hydrogens is 308 g/mol. The molecule has 1 unspecified atom stereocenters. The lowest BCUT2D eigenvalue weighted by atomic mass is 10.1. The predicted molar refractivity (Wildman–Crippen MR) is 81.3 cm³/mol. The van der Waals surface area contributed by atoms with E-state index in [-0.39, 0.29) is 18.9 Å². The Hall–Kier alpha value is -1.80. The van der Waals surface area contributed by atoms with Crippen molar-refractivity contribution in [2.45, 2.75) is 18.1 Å². The molecule has 1 aromatic carbocycles. The summed E-state index contributed by atoms with van der Waals surface area (Å²) < 4.78 is 33.1. The number of carbonyl (C=O) groups is 1. The number of hydrogen-bond acceptors (Lipinski definition) is 5. The summed E-state index contributed by atoms with van der Waals surface area (Å²) in [7, 11) is -0.538. The Morgan fingerprint density at radius 1 is 1.23 bits per heavy atom. The van der Waals surface area contributed by atoms with Crippen molar-refractivity contribution in [2.24, 2.45) is 5.14 Å². The highest BCUT2D eigenvalue weighted by atomic mass is 32.2. The number of primary sulfonamides is 1. The number of nitrogens with two attached hydrogens (primary N) is 1. The molecule has 2 N–H and O–H groups in total. The maximum Gasteiger partial charge on any atom is 0.224 e. The molecule has 7 nitrogen and oxygen atoms in total. The Morgan fingerprint density at radius 2 is 1.82 bits per heavy atom. The number of sulfonamides is 1. The Bertz CT molecular complexity index is 637. The van der Waals surface area contributed by atoms with Crippen molar-refractivity contribution in [3.63, 3.8) is 0 Å². The molecule has 0 bridgehead atoms. The molecule has 1 atom stereocenters. The van der Waals surface area contributed by atoms with Crippen LogP contribution in [-0.2, 0) is 21.2 Å². The third kappa shape index (κ3) is 3.89. The minimum atomic E-state index is -3.68. The lowest BCUT2D eigenvalue weighted by molar-refractivity contribution is -0.127. The van der Waals surface area contributed by atoms with Crippen LogP contribution in [0.1, 0.15) is 12.0 Å². The number of methoxy groups -OCH3 is 2. The van der Waals surface area contributed by atoms with Gasteiger partial charge in [-0.1, -0.05) is 0 Å². The average Bonchev–Trinajstić information content (AvgIpc) is 2.86. The molecule has 0 aromatic heterocycles. The first-order valence-corrected chi connectivity index (χ1v) is 8.45. The van der Waals surface area contributed by atoms with Gasteiger partial charge in [-0.2, -0.15) is 0 Å². The van der Waals surface area contributed by atoms with Crippen LogP contribution in [0.5, 0.6) is 11.5 Å². The number of likely N-dealkylation sites (tertiary alicyclic amines) is 1. The fourth-order valence-corrected chi connectivity index (χ4v) is 3.21. The number of ether oxygens (including phenoxy) is 2. The second-order valence-electron chi connectivity index (χ2n) is 5.23.